The van der Waals surface area contributed by atoms with Crippen LogP contribution in [0.5, 0.6) is 0 Å². The second kappa shape index (κ2) is 7.15. The quantitative estimate of drug-likeness (QED) is 0.424. The van der Waals surface area contributed by atoms with Crippen molar-refractivity contribution in [1.29, 1.82) is 0 Å². The first-order valence-corrected chi connectivity index (χ1v) is 14.1. The van der Waals surface area contributed by atoms with E-state index in [1.165, 1.54) is 5.56 Å². The Labute approximate surface area is 152 Å². The van der Waals surface area contributed by atoms with Gasteiger partial charge in [0.25, 0.3) is 0 Å². The molecule has 0 saturated carbocycles. The molecule has 0 aromatic heterocycles. The van der Waals surface area contributed by atoms with Crippen LogP contribution in [-0.2, 0) is 4.57 Å². The fourth-order valence-electron chi connectivity index (χ4n) is 3.64. The zero-order valence-corrected chi connectivity index (χ0v) is 17.0. The van der Waals surface area contributed by atoms with Gasteiger partial charge in [-0.1, -0.05) is 111 Å². The summed E-state index contributed by atoms with van der Waals surface area (Å²) < 4.78 is 14.8. The van der Waals surface area contributed by atoms with Gasteiger partial charge in [0.15, 0.2) is 0 Å². The molecular weight excluding hydrogens is 339 g/mol. The highest BCUT2D eigenvalue weighted by molar-refractivity contribution is 7.81. The summed E-state index contributed by atoms with van der Waals surface area (Å²) >= 11 is 0. The Balaban J connectivity index is 2.32. The van der Waals surface area contributed by atoms with Crippen molar-refractivity contribution >= 4 is 25.8 Å². The van der Waals surface area contributed by atoms with Crippen LogP contribution in [0, 0.1) is 0 Å². The van der Waals surface area contributed by atoms with Crippen LogP contribution in [0.25, 0.3) is 0 Å². The van der Waals surface area contributed by atoms with Gasteiger partial charge in [-0.15, -0.1) is 0 Å². The Morgan fingerprint density at radius 2 is 1.00 bits per heavy atom. The Kier molecular flexibility index (Phi) is 5.13. The molecule has 0 bridgehead atoms. The minimum atomic E-state index is -2.82. The van der Waals surface area contributed by atoms with E-state index in [0.717, 1.165) is 10.6 Å². The van der Waals surface area contributed by atoms with Gasteiger partial charge in [-0.3, -0.25) is 0 Å². The van der Waals surface area contributed by atoms with Gasteiger partial charge in [-0.2, -0.15) is 0 Å². The molecule has 0 radical (unpaired) electrons. The average Bonchev–Trinajstić information content (AvgIpc) is 2.63. The predicted octanol–water partition coefficient (Wildman–Crippen LogP) is 5.62. The first-order valence-electron chi connectivity index (χ1n) is 8.70. The highest BCUT2D eigenvalue weighted by atomic mass is 31.2. The second-order valence-corrected chi connectivity index (χ2v) is 16.2. The fourth-order valence-corrected chi connectivity index (χ4v) is 12.8. The summed E-state index contributed by atoms with van der Waals surface area (Å²) in [5.41, 5.74) is 1.19. The SMILES string of the molecule is C[Si](C)(C)C(c1ccccc1)P(=O)(c1ccccc1)c1ccccc1. The van der Waals surface area contributed by atoms with Crippen molar-refractivity contribution in [3.8, 4) is 0 Å². The van der Waals surface area contributed by atoms with E-state index in [1.807, 2.05) is 66.7 Å². The van der Waals surface area contributed by atoms with Crippen molar-refractivity contribution in [3.63, 3.8) is 0 Å². The van der Waals surface area contributed by atoms with E-state index in [0.29, 0.717) is 0 Å². The van der Waals surface area contributed by atoms with Gasteiger partial charge in [-0.25, -0.2) is 0 Å². The van der Waals surface area contributed by atoms with Crippen molar-refractivity contribution in [2.24, 2.45) is 0 Å². The maximum atomic E-state index is 14.8. The van der Waals surface area contributed by atoms with E-state index in [9.17, 15) is 4.57 Å². The van der Waals surface area contributed by atoms with Crippen molar-refractivity contribution in [2.75, 3.05) is 0 Å². The van der Waals surface area contributed by atoms with Gasteiger partial charge in [-0.05, 0) is 5.56 Å². The lowest BCUT2D eigenvalue weighted by Gasteiger charge is -2.37. The summed E-state index contributed by atoms with van der Waals surface area (Å²) in [6.45, 7) is 6.97. The molecular formula is C22H25OPSi. The van der Waals surface area contributed by atoms with Crippen LogP contribution in [-0.4, -0.2) is 8.07 Å². The zero-order valence-electron chi connectivity index (χ0n) is 15.1. The molecule has 0 aliphatic heterocycles. The molecule has 0 fully saturated rings. The van der Waals surface area contributed by atoms with Crippen molar-refractivity contribution in [1.82, 2.24) is 0 Å². The molecule has 3 aromatic rings. The largest absolute Gasteiger partial charge is 0.313 e. The number of benzene rings is 3. The molecule has 1 atom stereocenters. The molecule has 0 spiro atoms. The van der Waals surface area contributed by atoms with Gasteiger partial charge in [0, 0.05) is 15.9 Å². The minimum absolute atomic E-state index is 0.0472. The van der Waals surface area contributed by atoms with Crippen molar-refractivity contribution in [3.05, 3.63) is 96.6 Å². The lowest BCUT2D eigenvalue weighted by molar-refractivity contribution is 0.585. The summed E-state index contributed by atoms with van der Waals surface area (Å²) in [7, 11) is -4.61. The summed E-state index contributed by atoms with van der Waals surface area (Å²) in [5, 5.41) is 1.96. The Bertz CT molecular complexity index is 811. The van der Waals surface area contributed by atoms with Gasteiger partial charge in [0.1, 0.15) is 7.14 Å². The van der Waals surface area contributed by atoms with Gasteiger partial charge in [0.05, 0.1) is 8.07 Å². The molecule has 0 aliphatic carbocycles. The summed E-state index contributed by atoms with van der Waals surface area (Å²) in [6, 6.07) is 30.5. The summed E-state index contributed by atoms with van der Waals surface area (Å²) in [4.78, 5) is 0. The number of rotatable bonds is 5. The third-order valence-electron chi connectivity index (χ3n) is 4.58. The molecule has 3 rings (SSSR count). The second-order valence-electron chi connectivity index (χ2n) is 7.51. The number of hydrogen-bond acceptors (Lipinski definition) is 1. The van der Waals surface area contributed by atoms with E-state index in [2.05, 4.69) is 43.9 Å². The van der Waals surface area contributed by atoms with Crippen LogP contribution in [0.3, 0.4) is 0 Å². The smallest absolute Gasteiger partial charge is 0.147 e. The highest BCUT2D eigenvalue weighted by Gasteiger charge is 2.45. The van der Waals surface area contributed by atoms with E-state index >= 15 is 0 Å². The maximum Gasteiger partial charge on any atom is 0.147 e. The van der Waals surface area contributed by atoms with Gasteiger partial charge < -0.3 is 4.57 Å². The van der Waals surface area contributed by atoms with Crippen LogP contribution >= 0.6 is 7.14 Å². The zero-order chi connectivity index (χ0) is 17.9. The molecule has 0 N–H and O–H groups in total. The van der Waals surface area contributed by atoms with E-state index < -0.39 is 15.2 Å². The van der Waals surface area contributed by atoms with E-state index in [4.69, 9.17) is 0 Å². The van der Waals surface area contributed by atoms with Crippen molar-refractivity contribution < 1.29 is 4.57 Å². The highest BCUT2D eigenvalue weighted by Crippen LogP contribution is 2.60. The predicted molar refractivity (Wildman–Crippen MR) is 112 cm³/mol. The minimum Gasteiger partial charge on any atom is -0.313 e. The van der Waals surface area contributed by atoms with Crippen LogP contribution in [0.4, 0.5) is 0 Å². The fraction of sp³-hybridized carbons (Fsp3) is 0.182. The molecule has 0 amide bonds. The standard InChI is InChI=1S/C22H25OPSi/c1-25(2,3)22(19-13-7-4-8-14-19)24(23,20-15-9-5-10-16-20)21-17-11-6-12-18-21/h4-18,22H,1-3H3. The lowest BCUT2D eigenvalue weighted by atomic mass is 10.2. The van der Waals surface area contributed by atoms with Gasteiger partial charge >= 0.3 is 0 Å². The summed E-state index contributed by atoms with van der Waals surface area (Å²) in [6.07, 6.45) is 0. The first kappa shape index (κ1) is 17.9. The third kappa shape index (κ3) is 3.56. The monoisotopic (exact) mass is 364 g/mol. The lowest BCUT2D eigenvalue weighted by Crippen LogP contribution is -2.36. The topological polar surface area (TPSA) is 17.1 Å². The molecule has 25 heavy (non-hydrogen) atoms. The summed E-state index contributed by atoms with van der Waals surface area (Å²) in [5.74, 6) is 0. The molecule has 0 saturated heterocycles. The molecule has 3 aromatic carbocycles. The Hall–Kier alpha value is -1.89. The normalized spacial score (nSPS) is 13.4. The Morgan fingerprint density at radius 3 is 1.36 bits per heavy atom. The molecule has 0 heterocycles. The first-order chi connectivity index (χ1) is 11.9. The molecule has 3 heteroatoms. The maximum absolute atomic E-state index is 14.8. The average molecular weight is 365 g/mol. The molecule has 128 valence electrons. The van der Waals surface area contributed by atoms with E-state index in [1.54, 1.807) is 0 Å². The third-order valence-corrected chi connectivity index (χ3v) is 13.1. The van der Waals surface area contributed by atoms with Crippen LogP contribution in [0.15, 0.2) is 91.0 Å². The van der Waals surface area contributed by atoms with Crippen molar-refractivity contribution in [2.45, 2.75) is 24.9 Å². The van der Waals surface area contributed by atoms with Gasteiger partial charge in [0.2, 0.25) is 0 Å². The molecule has 1 nitrogen and oxygen atoms in total. The van der Waals surface area contributed by atoms with Crippen LogP contribution < -0.4 is 10.6 Å². The van der Waals surface area contributed by atoms with Crippen LogP contribution in [0.2, 0.25) is 19.6 Å². The molecule has 1 unspecified atom stereocenters. The van der Waals surface area contributed by atoms with Crippen LogP contribution in [0.1, 0.15) is 10.8 Å². The Morgan fingerprint density at radius 1 is 0.640 bits per heavy atom. The van der Waals surface area contributed by atoms with E-state index in [-0.39, 0.29) is 5.28 Å². The molecule has 0 aliphatic rings. The number of hydrogen-bond donors (Lipinski definition) is 0.